The molecule has 164 valence electrons. The first-order chi connectivity index (χ1) is 15.0. The van der Waals surface area contributed by atoms with Crippen LogP contribution < -0.4 is 15.9 Å². The topological polar surface area (TPSA) is 173 Å². The van der Waals surface area contributed by atoms with Crippen LogP contribution in [0.25, 0.3) is 11.2 Å². The number of ether oxygens (including phenoxy) is 2. The number of hydrogen-bond donors (Lipinski definition) is 5. The molecule has 0 amide bonds. The van der Waals surface area contributed by atoms with E-state index in [1.165, 1.54) is 10.9 Å². The van der Waals surface area contributed by atoms with Gasteiger partial charge in [-0.1, -0.05) is 12.1 Å². The first-order valence-corrected chi connectivity index (χ1v) is 9.66. The summed E-state index contributed by atoms with van der Waals surface area (Å²) in [6.07, 6.45) is -1.87. The minimum absolute atomic E-state index is 0.129. The molecule has 0 spiro atoms. The smallest absolute Gasteiger partial charge is 0.228 e. The molecule has 0 radical (unpaired) electrons. The lowest BCUT2D eigenvalue weighted by molar-refractivity contribution is -0.0501. The van der Waals surface area contributed by atoms with Crippen LogP contribution in [0.2, 0.25) is 0 Å². The zero-order valence-corrected chi connectivity index (χ0v) is 16.7. The molecule has 6 N–H and O–H groups in total. The molecule has 2 aromatic heterocycles. The molecule has 3 aromatic rings. The maximum atomic E-state index is 10.5. The maximum Gasteiger partial charge on any atom is 0.228 e. The van der Waals surface area contributed by atoms with Crippen molar-refractivity contribution >= 4 is 29.1 Å². The van der Waals surface area contributed by atoms with E-state index in [1.54, 1.807) is 6.21 Å². The van der Waals surface area contributed by atoms with E-state index in [-0.39, 0.29) is 22.9 Å². The molecular formula is C19H23N7O5. The summed E-state index contributed by atoms with van der Waals surface area (Å²) in [5, 5.41) is 34.3. The Balaban J connectivity index is 1.70. The van der Waals surface area contributed by atoms with Crippen molar-refractivity contribution in [2.45, 2.75) is 31.5 Å². The molecule has 1 aliphatic heterocycles. The van der Waals surface area contributed by atoms with Gasteiger partial charge in [0.1, 0.15) is 30.4 Å². The molecule has 31 heavy (non-hydrogen) atoms. The van der Waals surface area contributed by atoms with Crippen LogP contribution in [0.5, 0.6) is 5.75 Å². The summed E-state index contributed by atoms with van der Waals surface area (Å²) in [5.41, 5.74) is 10.0. The third kappa shape index (κ3) is 3.88. The first-order valence-electron chi connectivity index (χ1n) is 9.66. The van der Waals surface area contributed by atoms with Gasteiger partial charge < -0.3 is 30.5 Å². The Hall–Kier alpha value is -3.32. The highest BCUT2D eigenvalue weighted by Gasteiger charge is 2.45. The van der Waals surface area contributed by atoms with E-state index in [1.807, 2.05) is 31.2 Å². The van der Waals surface area contributed by atoms with Crippen LogP contribution in [0.4, 0.5) is 11.8 Å². The van der Waals surface area contributed by atoms with Gasteiger partial charge in [-0.3, -0.25) is 4.57 Å². The summed E-state index contributed by atoms with van der Waals surface area (Å²) in [6, 6.07) is 7.39. The highest BCUT2D eigenvalue weighted by Crippen LogP contribution is 2.35. The Morgan fingerprint density at radius 2 is 2.10 bits per heavy atom. The highest BCUT2D eigenvalue weighted by molar-refractivity contribution is 5.85. The minimum atomic E-state index is -1.34. The molecular weight excluding hydrogens is 406 g/mol. The molecule has 12 heteroatoms. The summed E-state index contributed by atoms with van der Waals surface area (Å²) in [7, 11) is 0. The van der Waals surface area contributed by atoms with Crippen molar-refractivity contribution in [1.82, 2.24) is 19.5 Å². The maximum absolute atomic E-state index is 10.5. The van der Waals surface area contributed by atoms with Crippen molar-refractivity contribution < 1.29 is 24.8 Å². The monoisotopic (exact) mass is 429 g/mol. The second-order valence-corrected chi connectivity index (χ2v) is 6.81. The van der Waals surface area contributed by atoms with Crippen LogP contribution in [0, 0.1) is 0 Å². The molecule has 0 saturated carbocycles. The fourth-order valence-corrected chi connectivity index (χ4v) is 3.37. The Kier molecular flexibility index (Phi) is 5.95. The van der Waals surface area contributed by atoms with Crippen LogP contribution in [0.1, 0.15) is 18.7 Å². The third-order valence-corrected chi connectivity index (χ3v) is 4.86. The molecule has 4 atom stereocenters. The van der Waals surface area contributed by atoms with Gasteiger partial charge in [0.25, 0.3) is 0 Å². The molecule has 0 bridgehead atoms. The van der Waals surface area contributed by atoms with Crippen molar-refractivity contribution in [3.05, 3.63) is 36.2 Å². The van der Waals surface area contributed by atoms with E-state index < -0.39 is 31.1 Å². The van der Waals surface area contributed by atoms with E-state index >= 15 is 0 Å². The van der Waals surface area contributed by atoms with E-state index in [9.17, 15) is 15.3 Å². The number of para-hydroxylation sites is 1. The van der Waals surface area contributed by atoms with Gasteiger partial charge >= 0.3 is 0 Å². The average Bonchev–Trinajstić information content (AvgIpc) is 3.27. The number of fused-ring (bicyclic) bond motifs is 1. The lowest BCUT2D eigenvalue weighted by atomic mass is 10.1. The van der Waals surface area contributed by atoms with Gasteiger partial charge in [0, 0.05) is 5.56 Å². The normalized spacial score (nSPS) is 23.6. The number of imidazole rings is 1. The van der Waals surface area contributed by atoms with Crippen LogP contribution in [0.15, 0.2) is 35.7 Å². The van der Waals surface area contributed by atoms with Gasteiger partial charge in [-0.2, -0.15) is 5.10 Å². The molecule has 3 heterocycles. The number of nitrogens with two attached hydrogens (primary N) is 1. The van der Waals surface area contributed by atoms with Gasteiger partial charge in [-0.15, -0.1) is 0 Å². The number of rotatable bonds is 7. The zero-order chi connectivity index (χ0) is 22.0. The van der Waals surface area contributed by atoms with Crippen LogP contribution in [0.3, 0.4) is 0 Å². The van der Waals surface area contributed by atoms with Gasteiger partial charge in [0.05, 0.1) is 19.4 Å². The SMILES string of the molecule is CCOc1ccccc1C=NNc1nc2c(N)ncnc2n1[C@H]1O[C@@H](CO)[C@H](O)[C@@H]1O. The highest BCUT2D eigenvalue weighted by atomic mass is 16.6. The molecule has 0 aliphatic carbocycles. The van der Waals surface area contributed by atoms with Crippen LogP contribution in [-0.4, -0.2) is 72.6 Å². The van der Waals surface area contributed by atoms with E-state index in [4.69, 9.17) is 15.2 Å². The molecule has 12 nitrogen and oxygen atoms in total. The van der Waals surface area contributed by atoms with E-state index in [0.717, 1.165) is 5.56 Å². The summed E-state index contributed by atoms with van der Waals surface area (Å²) < 4.78 is 12.6. The molecule has 0 unspecified atom stereocenters. The second-order valence-electron chi connectivity index (χ2n) is 6.81. The van der Waals surface area contributed by atoms with E-state index in [2.05, 4.69) is 25.5 Å². The fourth-order valence-electron chi connectivity index (χ4n) is 3.37. The van der Waals surface area contributed by atoms with E-state index in [0.29, 0.717) is 12.4 Å². The number of nitrogens with one attached hydrogen (secondary N) is 1. The Bertz CT molecular complexity index is 1090. The molecule has 1 saturated heterocycles. The average molecular weight is 429 g/mol. The third-order valence-electron chi connectivity index (χ3n) is 4.86. The van der Waals surface area contributed by atoms with Crippen LogP contribution in [-0.2, 0) is 4.74 Å². The summed E-state index contributed by atoms with van der Waals surface area (Å²) in [6.45, 7) is 1.94. The predicted octanol–water partition coefficient (Wildman–Crippen LogP) is -0.135. The van der Waals surface area contributed by atoms with Crippen molar-refractivity contribution in [2.75, 3.05) is 24.4 Å². The molecule has 1 aliphatic rings. The van der Waals surface area contributed by atoms with Crippen molar-refractivity contribution in [1.29, 1.82) is 0 Å². The number of benzene rings is 1. The Labute approximate surface area is 177 Å². The van der Waals surface area contributed by atoms with Gasteiger partial charge in [0.2, 0.25) is 5.95 Å². The first kappa shape index (κ1) is 20.9. The fraction of sp³-hybridized carbons (Fsp3) is 0.368. The number of hydrogen-bond acceptors (Lipinski definition) is 11. The van der Waals surface area contributed by atoms with Crippen molar-refractivity contribution in [3.63, 3.8) is 0 Å². The Morgan fingerprint density at radius 3 is 2.84 bits per heavy atom. The van der Waals surface area contributed by atoms with Crippen molar-refractivity contribution in [2.24, 2.45) is 5.10 Å². The standard InChI is InChI=1S/C19H23N7O5/c1-2-30-11-6-4-3-5-10(11)7-23-25-19-24-13-16(20)21-9-22-17(13)26(19)18-15(29)14(28)12(8-27)31-18/h3-7,9,12,14-15,18,27-29H,2,8H2,1H3,(H,24,25)(H2,20,21,22)/t12-,14-,15-,18-/m0/s1. The minimum Gasteiger partial charge on any atom is -0.493 e. The molecule has 1 aromatic carbocycles. The van der Waals surface area contributed by atoms with Crippen molar-refractivity contribution in [3.8, 4) is 5.75 Å². The number of aromatic nitrogens is 4. The number of nitrogen functional groups attached to an aromatic ring is 1. The van der Waals surface area contributed by atoms with Crippen LogP contribution >= 0.6 is 0 Å². The predicted molar refractivity (Wildman–Crippen MR) is 112 cm³/mol. The van der Waals surface area contributed by atoms with Gasteiger partial charge in [-0.05, 0) is 19.1 Å². The summed E-state index contributed by atoms with van der Waals surface area (Å²) in [4.78, 5) is 12.5. The lowest BCUT2D eigenvalue weighted by Gasteiger charge is -2.18. The zero-order valence-electron chi connectivity index (χ0n) is 16.7. The van der Waals surface area contributed by atoms with Gasteiger partial charge in [-0.25, -0.2) is 20.4 Å². The number of nitrogens with zero attached hydrogens (tertiary/aromatic N) is 5. The molecule has 4 rings (SSSR count). The second kappa shape index (κ2) is 8.81. The Morgan fingerprint density at radius 1 is 1.29 bits per heavy atom. The summed E-state index contributed by atoms with van der Waals surface area (Å²) >= 11 is 0. The number of aliphatic hydroxyl groups is 3. The van der Waals surface area contributed by atoms with Gasteiger partial charge in [0.15, 0.2) is 23.2 Å². The largest absolute Gasteiger partial charge is 0.493 e. The quantitative estimate of drug-likeness (QED) is 0.251. The lowest BCUT2D eigenvalue weighted by Crippen LogP contribution is -2.33. The molecule has 1 fully saturated rings. The summed E-state index contributed by atoms with van der Waals surface area (Å²) in [5.74, 6) is 0.953. The number of hydrazone groups is 1. The number of aliphatic hydroxyl groups excluding tert-OH is 3. The number of anilines is 2.